The van der Waals surface area contributed by atoms with Crippen molar-refractivity contribution >= 4 is 23.5 Å². The Morgan fingerprint density at radius 2 is 1.61 bits per heavy atom. The van der Waals surface area contributed by atoms with Gasteiger partial charge in [0.15, 0.2) is 0 Å². The van der Waals surface area contributed by atoms with Crippen LogP contribution in [-0.4, -0.2) is 59.6 Å². The maximum Gasteiger partial charge on any atom is 0.321 e. The number of hydrogen-bond donors (Lipinski definition) is 4. The minimum atomic E-state index is -1.08. The SMILES string of the molecule is CN(C)C(=O)c1ccc(NC(=O)CN[C@@H](Cc2ccc(O)cc2)C(=O)O)cc1. The van der Waals surface area contributed by atoms with Gasteiger partial charge in [-0.25, -0.2) is 0 Å². The standard InChI is InChI=1S/C20H23N3O5/c1-23(2)19(26)14-5-7-15(8-6-14)22-18(25)12-21-17(20(27)28)11-13-3-9-16(24)10-4-13/h3-10,17,21,24H,11-12H2,1-2H3,(H,22,25)(H,27,28)/t17-/m0/s1. The maximum atomic E-state index is 12.1. The molecule has 1 atom stereocenters. The molecule has 0 aliphatic rings. The Kier molecular flexibility index (Phi) is 7.11. The third kappa shape index (κ3) is 6.10. The molecule has 4 N–H and O–H groups in total. The minimum Gasteiger partial charge on any atom is -0.508 e. The fourth-order valence-electron chi connectivity index (χ4n) is 2.49. The van der Waals surface area contributed by atoms with E-state index in [-0.39, 0.29) is 24.6 Å². The van der Waals surface area contributed by atoms with Crippen molar-refractivity contribution in [1.29, 1.82) is 0 Å². The molecule has 0 heterocycles. The predicted octanol–water partition coefficient (Wildman–Crippen LogP) is 1.32. The highest BCUT2D eigenvalue weighted by Gasteiger charge is 2.18. The molecule has 0 aliphatic heterocycles. The van der Waals surface area contributed by atoms with Crippen molar-refractivity contribution in [3.05, 3.63) is 59.7 Å². The van der Waals surface area contributed by atoms with E-state index in [0.29, 0.717) is 11.3 Å². The number of benzene rings is 2. The van der Waals surface area contributed by atoms with Crippen LogP contribution in [0, 0.1) is 0 Å². The van der Waals surface area contributed by atoms with Crippen molar-refractivity contribution in [2.24, 2.45) is 0 Å². The molecule has 0 bridgehead atoms. The Morgan fingerprint density at radius 1 is 1.00 bits per heavy atom. The zero-order valence-corrected chi connectivity index (χ0v) is 15.7. The first-order valence-electron chi connectivity index (χ1n) is 8.62. The van der Waals surface area contributed by atoms with Gasteiger partial charge < -0.3 is 20.4 Å². The summed E-state index contributed by atoms with van der Waals surface area (Å²) in [4.78, 5) is 36.8. The van der Waals surface area contributed by atoms with Gasteiger partial charge in [-0.3, -0.25) is 19.7 Å². The molecule has 8 heteroatoms. The molecule has 2 amide bonds. The van der Waals surface area contributed by atoms with Crippen molar-refractivity contribution < 1.29 is 24.6 Å². The summed E-state index contributed by atoms with van der Waals surface area (Å²) in [5, 5.41) is 24.0. The van der Waals surface area contributed by atoms with Crippen LogP contribution in [0.4, 0.5) is 5.69 Å². The minimum absolute atomic E-state index is 0.0984. The third-order valence-electron chi connectivity index (χ3n) is 4.01. The van der Waals surface area contributed by atoms with E-state index < -0.39 is 17.9 Å². The van der Waals surface area contributed by atoms with E-state index in [2.05, 4.69) is 10.6 Å². The molecule has 0 radical (unpaired) electrons. The molecular weight excluding hydrogens is 362 g/mol. The van der Waals surface area contributed by atoms with E-state index in [4.69, 9.17) is 0 Å². The molecule has 28 heavy (non-hydrogen) atoms. The van der Waals surface area contributed by atoms with Crippen LogP contribution < -0.4 is 10.6 Å². The van der Waals surface area contributed by atoms with E-state index in [1.807, 2.05) is 0 Å². The Hall–Kier alpha value is -3.39. The summed E-state index contributed by atoms with van der Waals surface area (Å²) < 4.78 is 0. The van der Waals surface area contributed by atoms with Crippen LogP contribution in [0.3, 0.4) is 0 Å². The fourth-order valence-corrected chi connectivity index (χ4v) is 2.49. The number of amides is 2. The number of phenolic OH excluding ortho intramolecular Hbond substituents is 1. The van der Waals surface area contributed by atoms with Gasteiger partial charge in [-0.2, -0.15) is 0 Å². The van der Waals surface area contributed by atoms with Crippen molar-refractivity contribution in [2.45, 2.75) is 12.5 Å². The molecule has 2 rings (SSSR count). The average molecular weight is 385 g/mol. The van der Waals surface area contributed by atoms with Gasteiger partial charge >= 0.3 is 5.97 Å². The van der Waals surface area contributed by atoms with Crippen molar-refractivity contribution in [2.75, 3.05) is 26.0 Å². The number of carbonyl (C=O) groups excluding carboxylic acids is 2. The molecule has 0 unspecified atom stereocenters. The number of nitrogens with one attached hydrogen (secondary N) is 2. The number of phenols is 1. The van der Waals surface area contributed by atoms with E-state index in [1.54, 1.807) is 50.5 Å². The molecule has 0 saturated carbocycles. The summed E-state index contributed by atoms with van der Waals surface area (Å²) in [7, 11) is 3.31. The fraction of sp³-hybridized carbons (Fsp3) is 0.250. The van der Waals surface area contributed by atoms with Crippen LogP contribution in [0.15, 0.2) is 48.5 Å². The first-order valence-corrected chi connectivity index (χ1v) is 8.62. The highest BCUT2D eigenvalue weighted by molar-refractivity contribution is 5.96. The Balaban J connectivity index is 1.89. The van der Waals surface area contributed by atoms with E-state index in [0.717, 1.165) is 5.56 Å². The molecule has 148 valence electrons. The van der Waals surface area contributed by atoms with E-state index in [1.165, 1.54) is 17.0 Å². The molecule has 0 aromatic heterocycles. The second-order valence-electron chi connectivity index (χ2n) is 6.47. The van der Waals surface area contributed by atoms with Gasteiger partial charge in [-0.05, 0) is 48.4 Å². The van der Waals surface area contributed by atoms with Gasteiger partial charge in [-0.15, -0.1) is 0 Å². The van der Waals surface area contributed by atoms with Crippen LogP contribution >= 0.6 is 0 Å². The first-order chi connectivity index (χ1) is 13.3. The highest BCUT2D eigenvalue weighted by atomic mass is 16.4. The van der Waals surface area contributed by atoms with Gasteiger partial charge in [0.2, 0.25) is 5.91 Å². The number of carbonyl (C=O) groups is 3. The average Bonchev–Trinajstić information content (AvgIpc) is 2.66. The number of hydrogen-bond acceptors (Lipinski definition) is 5. The lowest BCUT2D eigenvalue weighted by atomic mass is 10.1. The number of nitrogens with zero attached hydrogens (tertiary/aromatic N) is 1. The normalized spacial score (nSPS) is 11.5. The monoisotopic (exact) mass is 385 g/mol. The topological polar surface area (TPSA) is 119 Å². The molecule has 0 saturated heterocycles. The Bertz CT molecular complexity index is 832. The number of aliphatic carboxylic acids is 1. The van der Waals surface area contributed by atoms with Gasteiger partial charge in [0.05, 0.1) is 6.54 Å². The van der Waals surface area contributed by atoms with Gasteiger partial charge in [-0.1, -0.05) is 12.1 Å². The van der Waals surface area contributed by atoms with Crippen LogP contribution in [0.2, 0.25) is 0 Å². The van der Waals surface area contributed by atoms with Gasteiger partial charge in [0.25, 0.3) is 5.91 Å². The zero-order valence-electron chi connectivity index (χ0n) is 15.7. The second-order valence-corrected chi connectivity index (χ2v) is 6.47. The number of aromatic hydroxyl groups is 1. The lowest BCUT2D eigenvalue weighted by Gasteiger charge is -2.15. The van der Waals surface area contributed by atoms with Gasteiger partial charge in [0, 0.05) is 25.3 Å². The smallest absolute Gasteiger partial charge is 0.321 e. The largest absolute Gasteiger partial charge is 0.508 e. The summed E-state index contributed by atoms with van der Waals surface area (Å²) in [5.41, 5.74) is 1.73. The lowest BCUT2D eigenvalue weighted by Crippen LogP contribution is -2.42. The molecule has 0 spiro atoms. The molecule has 0 aliphatic carbocycles. The summed E-state index contributed by atoms with van der Waals surface area (Å²) in [5.74, 6) is -1.52. The summed E-state index contributed by atoms with van der Waals surface area (Å²) in [6, 6.07) is 11.7. The summed E-state index contributed by atoms with van der Waals surface area (Å²) in [6.45, 7) is -0.187. The highest BCUT2D eigenvalue weighted by Crippen LogP contribution is 2.12. The first kappa shape index (κ1) is 20.9. The number of carboxylic acids is 1. The van der Waals surface area contributed by atoms with E-state index >= 15 is 0 Å². The molecule has 8 nitrogen and oxygen atoms in total. The number of anilines is 1. The van der Waals surface area contributed by atoms with Crippen molar-refractivity contribution in [3.8, 4) is 5.75 Å². The molecular formula is C20H23N3O5. The van der Waals surface area contributed by atoms with Crippen molar-refractivity contribution in [1.82, 2.24) is 10.2 Å². The zero-order chi connectivity index (χ0) is 20.7. The summed E-state index contributed by atoms with van der Waals surface area (Å²) in [6.07, 6.45) is 0.171. The lowest BCUT2D eigenvalue weighted by molar-refractivity contribution is -0.139. The van der Waals surface area contributed by atoms with Crippen LogP contribution in [-0.2, 0) is 16.0 Å². The number of carboxylic acid groups (broad SMARTS) is 1. The van der Waals surface area contributed by atoms with Crippen molar-refractivity contribution in [3.63, 3.8) is 0 Å². The van der Waals surface area contributed by atoms with Gasteiger partial charge in [0.1, 0.15) is 11.8 Å². The van der Waals surface area contributed by atoms with Crippen LogP contribution in [0.5, 0.6) is 5.75 Å². The molecule has 2 aromatic carbocycles. The van der Waals surface area contributed by atoms with Crippen LogP contribution in [0.25, 0.3) is 0 Å². The molecule has 2 aromatic rings. The third-order valence-corrected chi connectivity index (χ3v) is 4.01. The second kappa shape index (κ2) is 9.52. The van der Waals surface area contributed by atoms with E-state index in [9.17, 15) is 24.6 Å². The number of rotatable bonds is 8. The predicted molar refractivity (Wildman–Crippen MR) is 104 cm³/mol. The quantitative estimate of drug-likeness (QED) is 0.544. The Labute approximate surface area is 162 Å². The Morgan fingerprint density at radius 3 is 2.14 bits per heavy atom. The summed E-state index contributed by atoms with van der Waals surface area (Å²) >= 11 is 0. The maximum absolute atomic E-state index is 12.1. The van der Waals surface area contributed by atoms with Crippen LogP contribution in [0.1, 0.15) is 15.9 Å². The molecule has 0 fully saturated rings.